The fraction of sp³-hybridized carbons (Fsp3) is 0.118. The van der Waals surface area contributed by atoms with Gasteiger partial charge in [0, 0.05) is 11.3 Å². The number of thiocarbonyl (C=S) groups is 1. The van der Waals surface area contributed by atoms with Gasteiger partial charge in [-0.25, -0.2) is 9.18 Å². The number of halogens is 1. The van der Waals surface area contributed by atoms with Crippen molar-refractivity contribution in [2.45, 2.75) is 0 Å². The molecule has 0 unspecified atom stereocenters. The minimum absolute atomic E-state index is 0.0881. The first kappa shape index (κ1) is 19.1. The third-order valence-electron chi connectivity index (χ3n) is 3.26. The van der Waals surface area contributed by atoms with Crippen LogP contribution in [0.2, 0.25) is 0 Å². The first-order valence-corrected chi connectivity index (χ1v) is 7.71. The highest BCUT2D eigenvalue weighted by Gasteiger charge is 2.19. The van der Waals surface area contributed by atoms with Crippen molar-refractivity contribution in [2.75, 3.05) is 19.5 Å². The van der Waals surface area contributed by atoms with Gasteiger partial charge in [-0.1, -0.05) is 0 Å². The molecule has 3 N–H and O–H groups in total. The second kappa shape index (κ2) is 8.77. The fourth-order valence-electron chi connectivity index (χ4n) is 2.12. The standard InChI is InChI=1S/C17H16FN3O4S/c1-24-13-8-3-10(14(16(22)23)15(13)25-2)9-19-21-17(26)20-12-6-4-11(18)5-7-12/h3-9H,1-2H3,(H,22,23)(H2,20,21,26)/b19-9-. The summed E-state index contributed by atoms with van der Waals surface area (Å²) in [5.74, 6) is -1.16. The van der Waals surface area contributed by atoms with Crippen molar-refractivity contribution < 1.29 is 23.8 Å². The summed E-state index contributed by atoms with van der Waals surface area (Å²) in [6.07, 6.45) is 1.30. The summed E-state index contributed by atoms with van der Waals surface area (Å²) < 4.78 is 23.1. The van der Waals surface area contributed by atoms with E-state index in [0.29, 0.717) is 17.0 Å². The normalized spacial score (nSPS) is 10.4. The number of carboxylic acid groups (broad SMARTS) is 1. The lowest BCUT2D eigenvalue weighted by atomic mass is 10.1. The lowest BCUT2D eigenvalue weighted by Crippen LogP contribution is -2.24. The summed E-state index contributed by atoms with van der Waals surface area (Å²) in [5, 5.41) is 16.3. The number of nitrogens with zero attached hydrogens (tertiary/aromatic N) is 1. The van der Waals surface area contributed by atoms with Crippen LogP contribution in [0.1, 0.15) is 15.9 Å². The number of rotatable bonds is 6. The van der Waals surface area contributed by atoms with Crippen LogP contribution in [0.5, 0.6) is 11.5 Å². The van der Waals surface area contributed by atoms with E-state index in [4.69, 9.17) is 21.7 Å². The highest BCUT2D eigenvalue weighted by atomic mass is 32.1. The molecule has 2 rings (SSSR count). The van der Waals surface area contributed by atoms with Crippen molar-refractivity contribution in [3.8, 4) is 11.5 Å². The number of hydrazone groups is 1. The molecule has 0 spiro atoms. The number of aromatic carboxylic acids is 1. The van der Waals surface area contributed by atoms with Crippen LogP contribution >= 0.6 is 12.2 Å². The Labute approximate surface area is 154 Å². The second-order valence-electron chi connectivity index (χ2n) is 4.90. The predicted molar refractivity (Wildman–Crippen MR) is 99.9 cm³/mol. The Bertz CT molecular complexity index is 841. The predicted octanol–water partition coefficient (Wildman–Crippen LogP) is 2.86. The van der Waals surface area contributed by atoms with Crippen LogP contribution < -0.4 is 20.2 Å². The molecule has 7 nitrogen and oxygen atoms in total. The van der Waals surface area contributed by atoms with Gasteiger partial charge in [-0.3, -0.25) is 5.43 Å². The zero-order chi connectivity index (χ0) is 19.1. The third kappa shape index (κ3) is 4.67. The molecule has 26 heavy (non-hydrogen) atoms. The van der Waals surface area contributed by atoms with Gasteiger partial charge < -0.3 is 19.9 Å². The van der Waals surface area contributed by atoms with Crippen LogP contribution in [-0.2, 0) is 0 Å². The largest absolute Gasteiger partial charge is 0.493 e. The van der Waals surface area contributed by atoms with Gasteiger partial charge in [0.1, 0.15) is 11.4 Å². The molecule has 136 valence electrons. The van der Waals surface area contributed by atoms with E-state index in [1.54, 1.807) is 6.07 Å². The molecule has 0 fully saturated rings. The van der Waals surface area contributed by atoms with Crippen molar-refractivity contribution in [2.24, 2.45) is 5.10 Å². The van der Waals surface area contributed by atoms with Gasteiger partial charge in [0.15, 0.2) is 16.6 Å². The van der Waals surface area contributed by atoms with Crippen molar-refractivity contribution in [3.63, 3.8) is 0 Å². The van der Waals surface area contributed by atoms with Gasteiger partial charge >= 0.3 is 5.97 Å². The van der Waals surface area contributed by atoms with Crippen molar-refractivity contribution >= 4 is 35.2 Å². The van der Waals surface area contributed by atoms with E-state index in [-0.39, 0.29) is 22.2 Å². The Morgan fingerprint density at radius 2 is 1.88 bits per heavy atom. The second-order valence-corrected chi connectivity index (χ2v) is 5.31. The minimum Gasteiger partial charge on any atom is -0.493 e. The molecule has 0 heterocycles. The number of hydrogen-bond donors (Lipinski definition) is 3. The van der Waals surface area contributed by atoms with Crippen LogP contribution in [0.25, 0.3) is 0 Å². The van der Waals surface area contributed by atoms with Gasteiger partial charge in [0.05, 0.1) is 20.4 Å². The zero-order valence-corrected chi connectivity index (χ0v) is 14.8. The summed E-state index contributed by atoms with van der Waals surface area (Å²) in [4.78, 5) is 11.5. The summed E-state index contributed by atoms with van der Waals surface area (Å²) in [5.41, 5.74) is 3.35. The highest BCUT2D eigenvalue weighted by molar-refractivity contribution is 7.80. The molecule has 0 saturated heterocycles. The average molecular weight is 377 g/mol. The first-order valence-electron chi connectivity index (χ1n) is 7.30. The molecule has 9 heteroatoms. The van der Waals surface area contributed by atoms with E-state index in [1.807, 2.05) is 0 Å². The molecular formula is C17H16FN3O4S. The van der Waals surface area contributed by atoms with Crippen molar-refractivity contribution in [1.82, 2.24) is 5.43 Å². The van der Waals surface area contributed by atoms with Crippen LogP contribution in [0.4, 0.5) is 10.1 Å². The fourth-order valence-corrected chi connectivity index (χ4v) is 2.29. The Morgan fingerprint density at radius 1 is 1.19 bits per heavy atom. The van der Waals surface area contributed by atoms with E-state index >= 15 is 0 Å². The minimum atomic E-state index is -1.19. The molecule has 0 atom stereocenters. The van der Waals surface area contributed by atoms with Crippen LogP contribution in [0, 0.1) is 5.82 Å². The molecule has 0 saturated carbocycles. The van der Waals surface area contributed by atoms with Crippen LogP contribution in [0.3, 0.4) is 0 Å². The van der Waals surface area contributed by atoms with Gasteiger partial charge in [0.2, 0.25) is 0 Å². The molecule has 0 bridgehead atoms. The molecule has 2 aromatic rings. The van der Waals surface area contributed by atoms with Gasteiger partial charge in [0.25, 0.3) is 0 Å². The van der Waals surface area contributed by atoms with E-state index in [1.165, 1.54) is 50.8 Å². The summed E-state index contributed by atoms with van der Waals surface area (Å²) in [6.45, 7) is 0. The first-order chi connectivity index (χ1) is 12.5. The van der Waals surface area contributed by atoms with Gasteiger partial charge in [-0.2, -0.15) is 5.10 Å². The molecule has 0 aliphatic carbocycles. The number of ether oxygens (including phenoxy) is 2. The molecule has 0 amide bonds. The molecule has 0 aromatic heterocycles. The number of hydrogen-bond acceptors (Lipinski definition) is 5. The maximum Gasteiger partial charge on any atom is 0.340 e. The van der Waals surface area contributed by atoms with Crippen molar-refractivity contribution in [3.05, 3.63) is 53.3 Å². The number of carboxylic acids is 1. The maximum atomic E-state index is 12.9. The zero-order valence-electron chi connectivity index (χ0n) is 13.9. The summed E-state index contributed by atoms with van der Waals surface area (Å²) in [6, 6.07) is 8.72. The maximum absolute atomic E-state index is 12.9. The lowest BCUT2D eigenvalue weighted by molar-refractivity contribution is 0.0692. The number of methoxy groups -OCH3 is 2. The smallest absolute Gasteiger partial charge is 0.340 e. The Kier molecular flexibility index (Phi) is 6.45. The van der Waals surface area contributed by atoms with E-state index in [2.05, 4.69) is 15.8 Å². The van der Waals surface area contributed by atoms with Gasteiger partial charge in [-0.05, 0) is 48.6 Å². The third-order valence-corrected chi connectivity index (χ3v) is 3.46. The average Bonchev–Trinajstić information content (AvgIpc) is 2.62. The molecule has 0 aliphatic rings. The molecule has 0 aliphatic heterocycles. The molecule has 2 aromatic carbocycles. The number of benzene rings is 2. The summed E-state index contributed by atoms with van der Waals surface area (Å²) in [7, 11) is 2.77. The SMILES string of the molecule is COc1ccc(/C=N\NC(=S)Nc2ccc(F)cc2)c(C(=O)O)c1OC. The van der Waals surface area contributed by atoms with E-state index in [9.17, 15) is 14.3 Å². The van der Waals surface area contributed by atoms with E-state index < -0.39 is 5.97 Å². The highest BCUT2D eigenvalue weighted by Crippen LogP contribution is 2.32. The number of nitrogens with one attached hydrogen (secondary N) is 2. The molecular weight excluding hydrogens is 361 g/mol. The lowest BCUT2D eigenvalue weighted by Gasteiger charge is -2.12. The van der Waals surface area contributed by atoms with Crippen molar-refractivity contribution in [1.29, 1.82) is 0 Å². The Morgan fingerprint density at radius 3 is 2.46 bits per heavy atom. The molecule has 0 radical (unpaired) electrons. The Balaban J connectivity index is 2.13. The van der Waals surface area contributed by atoms with Crippen LogP contribution in [-0.4, -0.2) is 36.6 Å². The topological polar surface area (TPSA) is 92.2 Å². The quantitative estimate of drug-likeness (QED) is 0.405. The van der Waals surface area contributed by atoms with Crippen LogP contribution in [0.15, 0.2) is 41.5 Å². The monoisotopic (exact) mass is 377 g/mol. The van der Waals surface area contributed by atoms with E-state index in [0.717, 1.165) is 0 Å². The number of carbonyl (C=O) groups is 1. The number of anilines is 1. The summed E-state index contributed by atoms with van der Waals surface area (Å²) >= 11 is 5.07. The Hall–Kier alpha value is -3.20. The van der Waals surface area contributed by atoms with Gasteiger partial charge in [-0.15, -0.1) is 0 Å².